The molecule has 0 saturated heterocycles. The number of hydrogen-bond donors (Lipinski definition) is 1. The van der Waals surface area contributed by atoms with E-state index < -0.39 is 17.8 Å². The van der Waals surface area contributed by atoms with Gasteiger partial charge in [0.05, 0.1) is 24.4 Å². The number of carbonyl (C=O) groups excluding carboxylic acids is 1. The number of benzene rings is 1. The summed E-state index contributed by atoms with van der Waals surface area (Å²) in [4.78, 5) is 15.9. The summed E-state index contributed by atoms with van der Waals surface area (Å²) in [6, 6.07) is 7.52. The highest BCUT2D eigenvalue weighted by Gasteiger charge is 2.37. The summed E-state index contributed by atoms with van der Waals surface area (Å²) < 4.78 is 5.44. The minimum absolute atomic E-state index is 0.125. The Hall–Kier alpha value is -1.59. The molecule has 0 saturated carbocycles. The summed E-state index contributed by atoms with van der Waals surface area (Å²) in [5, 5.41) is 10.4. The zero-order valence-electron chi connectivity index (χ0n) is 13.3. The van der Waals surface area contributed by atoms with Gasteiger partial charge >= 0.3 is 6.09 Å². The first-order chi connectivity index (χ1) is 9.70. The lowest BCUT2D eigenvalue weighted by Crippen LogP contribution is -2.49. The van der Waals surface area contributed by atoms with Crippen molar-refractivity contribution in [3.63, 3.8) is 0 Å². The first-order valence-corrected chi connectivity index (χ1v) is 7.14. The van der Waals surface area contributed by atoms with Crippen LogP contribution in [-0.2, 0) is 4.74 Å². The highest BCUT2D eigenvalue weighted by atomic mass is 16.6. The van der Waals surface area contributed by atoms with E-state index in [1.54, 1.807) is 0 Å². The van der Waals surface area contributed by atoms with Gasteiger partial charge in [0.2, 0.25) is 0 Å². The number of carbonyl (C=O) groups is 1. The van der Waals surface area contributed by atoms with Crippen LogP contribution >= 0.6 is 0 Å². The maximum absolute atomic E-state index is 12.4. The van der Waals surface area contributed by atoms with E-state index in [9.17, 15) is 9.90 Å². The van der Waals surface area contributed by atoms with E-state index in [2.05, 4.69) is 0 Å². The summed E-state index contributed by atoms with van der Waals surface area (Å²) in [5.74, 6) is 0. The molecule has 0 bridgehead atoms. The van der Waals surface area contributed by atoms with Gasteiger partial charge in [-0.3, -0.25) is 9.80 Å². The minimum Gasteiger partial charge on any atom is -0.443 e. The van der Waals surface area contributed by atoms with Gasteiger partial charge in [-0.1, -0.05) is 18.2 Å². The second-order valence-electron chi connectivity index (χ2n) is 6.63. The predicted molar refractivity (Wildman–Crippen MR) is 82.5 cm³/mol. The molecule has 1 aliphatic heterocycles. The molecule has 0 fully saturated rings. The van der Waals surface area contributed by atoms with Gasteiger partial charge in [-0.15, -0.1) is 0 Å². The Morgan fingerprint density at radius 1 is 1.33 bits per heavy atom. The fourth-order valence-corrected chi connectivity index (χ4v) is 2.69. The smallest absolute Gasteiger partial charge is 0.414 e. The van der Waals surface area contributed by atoms with Crippen LogP contribution in [0.25, 0.3) is 0 Å². The van der Waals surface area contributed by atoms with Gasteiger partial charge in [-0.05, 0) is 46.5 Å². The number of hydrogen-bond acceptors (Lipinski definition) is 4. The van der Waals surface area contributed by atoms with Gasteiger partial charge in [-0.25, -0.2) is 4.79 Å². The van der Waals surface area contributed by atoms with E-state index in [0.29, 0.717) is 0 Å². The van der Waals surface area contributed by atoms with E-state index >= 15 is 0 Å². The van der Waals surface area contributed by atoms with E-state index in [4.69, 9.17) is 4.74 Å². The number of anilines is 1. The molecular weight excluding hydrogens is 268 g/mol. The third-order valence-corrected chi connectivity index (χ3v) is 3.45. The molecule has 5 nitrogen and oxygen atoms in total. The number of ether oxygens (including phenoxy) is 1. The van der Waals surface area contributed by atoms with E-state index in [0.717, 1.165) is 11.3 Å². The standard InChI is InChI=1S/C16H24N2O3/c1-16(2,3)21-15(20)18-10-13(19)14(17(4)5)11-8-6-7-9-12(11)18/h6-9,13-14,19H,10H2,1-5H3/t13-,14+/m0/s1. The van der Waals surface area contributed by atoms with E-state index in [1.807, 2.05) is 64.0 Å². The maximum atomic E-state index is 12.4. The summed E-state index contributed by atoms with van der Waals surface area (Å²) >= 11 is 0. The molecule has 0 aliphatic carbocycles. The third kappa shape index (κ3) is 3.36. The van der Waals surface area contributed by atoms with Crippen LogP contribution < -0.4 is 4.90 Å². The Bertz CT molecular complexity index is 522. The molecule has 21 heavy (non-hydrogen) atoms. The first-order valence-electron chi connectivity index (χ1n) is 7.14. The number of β-amino-alcohol motifs (C(OH)–C–C–N with tert-alkyl or cyclic N) is 1. The predicted octanol–water partition coefficient (Wildman–Crippen LogP) is 2.41. The van der Waals surface area contributed by atoms with Crippen molar-refractivity contribution in [1.82, 2.24) is 4.90 Å². The van der Waals surface area contributed by atoms with Crippen LogP contribution in [0.3, 0.4) is 0 Å². The Kier molecular flexibility index (Phi) is 4.25. The second-order valence-corrected chi connectivity index (χ2v) is 6.63. The fraction of sp³-hybridized carbons (Fsp3) is 0.562. The van der Waals surface area contributed by atoms with Crippen LogP contribution in [0.4, 0.5) is 10.5 Å². The normalized spacial score (nSPS) is 22.1. The van der Waals surface area contributed by atoms with Crippen LogP contribution in [0.15, 0.2) is 24.3 Å². The Morgan fingerprint density at radius 3 is 2.52 bits per heavy atom. The highest BCUT2D eigenvalue weighted by Crippen LogP contribution is 2.37. The van der Waals surface area contributed by atoms with Crippen LogP contribution in [0.5, 0.6) is 0 Å². The molecule has 116 valence electrons. The SMILES string of the molecule is CN(C)[C@@H]1c2ccccc2N(C(=O)OC(C)(C)C)C[C@@H]1O. The lowest BCUT2D eigenvalue weighted by molar-refractivity contribution is 0.0456. The van der Waals surface area contributed by atoms with Crippen molar-refractivity contribution in [2.45, 2.75) is 38.5 Å². The van der Waals surface area contributed by atoms with Crippen molar-refractivity contribution >= 4 is 11.8 Å². The van der Waals surface area contributed by atoms with Crippen molar-refractivity contribution in [2.24, 2.45) is 0 Å². The molecule has 1 aliphatic rings. The average molecular weight is 292 g/mol. The van der Waals surface area contributed by atoms with Crippen LogP contribution in [0.1, 0.15) is 32.4 Å². The van der Waals surface area contributed by atoms with Crippen LogP contribution in [0, 0.1) is 0 Å². The topological polar surface area (TPSA) is 53.0 Å². The maximum Gasteiger partial charge on any atom is 0.414 e. The van der Waals surface area contributed by atoms with Crippen molar-refractivity contribution in [3.05, 3.63) is 29.8 Å². The van der Waals surface area contributed by atoms with Gasteiger partial charge in [-0.2, -0.15) is 0 Å². The molecule has 1 heterocycles. The molecular formula is C16H24N2O3. The van der Waals surface area contributed by atoms with Crippen molar-refractivity contribution in [2.75, 3.05) is 25.5 Å². The van der Waals surface area contributed by atoms with Crippen molar-refractivity contribution < 1.29 is 14.6 Å². The largest absolute Gasteiger partial charge is 0.443 e. The summed E-state index contributed by atoms with van der Waals surface area (Å²) in [7, 11) is 3.85. The third-order valence-electron chi connectivity index (χ3n) is 3.45. The number of likely N-dealkylation sites (N-methyl/N-ethyl adjacent to an activating group) is 1. The molecule has 1 aromatic carbocycles. The molecule has 0 radical (unpaired) electrons. The number of aliphatic hydroxyl groups is 1. The second kappa shape index (κ2) is 5.66. The summed E-state index contributed by atoms with van der Waals surface area (Å²) in [5.41, 5.74) is 1.18. The molecule has 2 rings (SSSR count). The van der Waals surface area contributed by atoms with E-state index in [1.165, 1.54) is 4.90 Å². The summed E-state index contributed by atoms with van der Waals surface area (Å²) in [6.45, 7) is 5.73. The molecule has 5 heteroatoms. The molecule has 1 amide bonds. The highest BCUT2D eigenvalue weighted by molar-refractivity contribution is 5.90. The average Bonchev–Trinajstić information content (AvgIpc) is 2.35. The molecule has 1 aromatic rings. The number of nitrogens with zero attached hydrogens (tertiary/aromatic N) is 2. The van der Waals surface area contributed by atoms with Crippen molar-refractivity contribution in [1.29, 1.82) is 0 Å². The van der Waals surface area contributed by atoms with Gasteiger partial charge in [0.25, 0.3) is 0 Å². The monoisotopic (exact) mass is 292 g/mol. The lowest BCUT2D eigenvalue weighted by Gasteiger charge is -2.40. The number of amides is 1. The number of aliphatic hydroxyl groups excluding tert-OH is 1. The Labute approximate surface area is 126 Å². The number of para-hydroxylation sites is 1. The number of rotatable bonds is 1. The van der Waals surface area contributed by atoms with Gasteiger partial charge in [0, 0.05) is 0 Å². The Balaban J connectivity index is 2.37. The molecule has 0 aromatic heterocycles. The molecule has 0 spiro atoms. The quantitative estimate of drug-likeness (QED) is 0.863. The molecule has 0 unspecified atom stereocenters. The van der Waals surface area contributed by atoms with Gasteiger partial charge in [0.1, 0.15) is 5.60 Å². The fourth-order valence-electron chi connectivity index (χ4n) is 2.69. The van der Waals surface area contributed by atoms with E-state index in [-0.39, 0.29) is 12.6 Å². The van der Waals surface area contributed by atoms with Crippen molar-refractivity contribution in [3.8, 4) is 0 Å². The zero-order chi connectivity index (χ0) is 15.8. The van der Waals surface area contributed by atoms with Gasteiger partial charge in [0.15, 0.2) is 0 Å². The lowest BCUT2D eigenvalue weighted by atomic mass is 9.93. The van der Waals surface area contributed by atoms with Gasteiger partial charge < -0.3 is 9.84 Å². The van der Waals surface area contributed by atoms with Crippen LogP contribution in [-0.4, -0.2) is 48.4 Å². The summed E-state index contributed by atoms with van der Waals surface area (Å²) in [6.07, 6.45) is -1.08. The zero-order valence-corrected chi connectivity index (χ0v) is 13.3. The first kappa shape index (κ1) is 15.8. The minimum atomic E-state index is -0.651. The number of fused-ring (bicyclic) bond motifs is 1. The molecule has 2 atom stereocenters. The van der Waals surface area contributed by atoms with Crippen LogP contribution in [0.2, 0.25) is 0 Å². The Morgan fingerprint density at radius 2 is 1.95 bits per heavy atom. The molecule has 1 N–H and O–H groups in total.